The van der Waals surface area contributed by atoms with Gasteiger partial charge in [-0.05, 0) is 81.1 Å². The first kappa shape index (κ1) is 23.3. The molecule has 8 nitrogen and oxygen atoms in total. The van der Waals surface area contributed by atoms with Gasteiger partial charge < -0.3 is 10.4 Å². The number of aromatic amines is 1. The normalized spacial score (nSPS) is 19.9. The molecule has 3 aromatic heterocycles. The average molecular weight is 499 g/mol. The second-order valence-electron chi connectivity index (χ2n) is 10.0. The van der Waals surface area contributed by atoms with Crippen molar-refractivity contribution in [2.45, 2.75) is 50.8 Å². The molecule has 0 spiro atoms. The monoisotopic (exact) mass is 498 g/mol. The van der Waals surface area contributed by atoms with Crippen molar-refractivity contribution in [1.29, 1.82) is 0 Å². The van der Waals surface area contributed by atoms with E-state index in [2.05, 4.69) is 25.6 Å². The first-order valence-electron chi connectivity index (χ1n) is 12.4. The van der Waals surface area contributed by atoms with Crippen LogP contribution in [0.3, 0.4) is 0 Å². The molecule has 0 aliphatic heterocycles. The minimum absolute atomic E-state index is 0.170. The lowest BCUT2D eigenvalue weighted by Gasteiger charge is -2.37. The number of nitrogens with one attached hydrogen (secondary N) is 2. The Labute approximate surface area is 212 Å². The number of carbonyl (C=O) groups is 1. The number of aryl methyl sites for hydroxylation is 1. The van der Waals surface area contributed by atoms with Crippen LogP contribution in [-0.2, 0) is 6.54 Å². The number of halogens is 1. The Kier molecular flexibility index (Phi) is 5.72. The van der Waals surface area contributed by atoms with Crippen LogP contribution in [0.2, 0.25) is 0 Å². The van der Waals surface area contributed by atoms with Gasteiger partial charge in [-0.3, -0.25) is 19.6 Å². The molecule has 1 amide bonds. The minimum Gasteiger partial charge on any atom is -0.388 e. The van der Waals surface area contributed by atoms with E-state index in [1.165, 1.54) is 12.1 Å². The highest BCUT2D eigenvalue weighted by atomic mass is 19.1. The number of benzene rings is 2. The summed E-state index contributed by atoms with van der Waals surface area (Å²) in [7, 11) is 0. The fourth-order valence-corrected chi connectivity index (χ4v) is 5.37. The highest BCUT2D eigenvalue weighted by Crippen LogP contribution is 2.31. The van der Waals surface area contributed by atoms with Crippen LogP contribution < -0.4 is 5.32 Å². The van der Waals surface area contributed by atoms with E-state index in [1.807, 2.05) is 31.2 Å². The third-order valence-electron chi connectivity index (χ3n) is 7.12. The lowest BCUT2D eigenvalue weighted by Crippen LogP contribution is -2.47. The SMILES string of the molecule is Cc1cc(-c2n[nH]c3ccc(C(=O)NC4CCCC(O)(Cn5cc6cc(F)ccc6n5)C4)cc23)ccn1. The lowest BCUT2D eigenvalue weighted by atomic mass is 9.81. The molecule has 0 saturated heterocycles. The van der Waals surface area contributed by atoms with E-state index in [0.717, 1.165) is 40.7 Å². The zero-order valence-electron chi connectivity index (χ0n) is 20.4. The Hall–Kier alpha value is -4.11. The summed E-state index contributed by atoms with van der Waals surface area (Å²) in [6, 6.07) is 13.6. The Morgan fingerprint density at radius 3 is 3.00 bits per heavy atom. The molecular weight excluding hydrogens is 471 g/mol. The number of nitrogens with zero attached hydrogens (tertiary/aromatic N) is 4. The summed E-state index contributed by atoms with van der Waals surface area (Å²) >= 11 is 0. The maximum absolute atomic E-state index is 13.6. The van der Waals surface area contributed by atoms with E-state index in [0.29, 0.717) is 29.3 Å². The number of pyridine rings is 1. The third-order valence-corrected chi connectivity index (χ3v) is 7.12. The summed E-state index contributed by atoms with van der Waals surface area (Å²) in [4.78, 5) is 17.5. The van der Waals surface area contributed by atoms with E-state index in [1.54, 1.807) is 29.2 Å². The Morgan fingerprint density at radius 1 is 1.24 bits per heavy atom. The van der Waals surface area contributed by atoms with Crippen molar-refractivity contribution < 1.29 is 14.3 Å². The second kappa shape index (κ2) is 9.08. The van der Waals surface area contributed by atoms with Crippen LogP contribution in [0.5, 0.6) is 0 Å². The van der Waals surface area contributed by atoms with Crippen molar-refractivity contribution in [3.05, 3.63) is 78.0 Å². The summed E-state index contributed by atoms with van der Waals surface area (Å²) in [5.41, 5.74) is 3.65. The Morgan fingerprint density at radius 2 is 2.14 bits per heavy atom. The van der Waals surface area contributed by atoms with Crippen LogP contribution in [0.15, 0.2) is 60.9 Å². The van der Waals surface area contributed by atoms with Crippen molar-refractivity contribution in [2.24, 2.45) is 0 Å². The number of amides is 1. The fraction of sp³-hybridized carbons (Fsp3) is 0.286. The minimum atomic E-state index is -1.02. The van der Waals surface area contributed by atoms with Crippen molar-refractivity contribution in [2.75, 3.05) is 0 Å². The maximum Gasteiger partial charge on any atom is 0.251 e. The van der Waals surface area contributed by atoms with Crippen LogP contribution in [-0.4, -0.2) is 47.6 Å². The van der Waals surface area contributed by atoms with Crippen LogP contribution in [0.25, 0.3) is 33.1 Å². The number of H-pyrrole nitrogens is 1. The van der Waals surface area contributed by atoms with Gasteiger partial charge in [-0.25, -0.2) is 4.39 Å². The first-order chi connectivity index (χ1) is 17.8. The summed E-state index contributed by atoms with van der Waals surface area (Å²) < 4.78 is 15.2. The molecule has 0 bridgehead atoms. The molecule has 1 saturated carbocycles. The van der Waals surface area contributed by atoms with E-state index >= 15 is 0 Å². The topological polar surface area (TPSA) is 109 Å². The number of hydrogen-bond donors (Lipinski definition) is 3. The molecule has 1 aliphatic rings. The Balaban J connectivity index is 1.18. The van der Waals surface area contributed by atoms with Crippen molar-refractivity contribution in [3.8, 4) is 11.3 Å². The quantitative estimate of drug-likeness (QED) is 0.330. The zero-order valence-corrected chi connectivity index (χ0v) is 20.4. The average Bonchev–Trinajstić information content (AvgIpc) is 3.46. The molecule has 9 heteroatoms. The number of aromatic nitrogens is 5. The van der Waals surface area contributed by atoms with Gasteiger partial charge >= 0.3 is 0 Å². The molecule has 3 N–H and O–H groups in total. The zero-order chi connectivity index (χ0) is 25.6. The third kappa shape index (κ3) is 4.70. The lowest BCUT2D eigenvalue weighted by molar-refractivity contribution is -0.0235. The van der Waals surface area contributed by atoms with Crippen LogP contribution in [0.1, 0.15) is 41.7 Å². The van der Waals surface area contributed by atoms with Crippen molar-refractivity contribution >= 4 is 27.7 Å². The second-order valence-corrected chi connectivity index (χ2v) is 10.0. The summed E-state index contributed by atoms with van der Waals surface area (Å²) in [5, 5.41) is 28.0. The molecule has 5 aromatic rings. The molecule has 1 fully saturated rings. The van der Waals surface area contributed by atoms with Crippen LogP contribution >= 0.6 is 0 Å². The highest BCUT2D eigenvalue weighted by molar-refractivity contribution is 6.01. The summed E-state index contributed by atoms with van der Waals surface area (Å²) in [5.74, 6) is -0.502. The number of rotatable bonds is 5. The van der Waals surface area contributed by atoms with Gasteiger partial charge in [0.1, 0.15) is 11.5 Å². The van der Waals surface area contributed by atoms with E-state index in [9.17, 15) is 14.3 Å². The summed E-state index contributed by atoms with van der Waals surface area (Å²) in [6.45, 7) is 2.21. The molecule has 188 valence electrons. The molecule has 3 heterocycles. The van der Waals surface area contributed by atoms with Gasteiger partial charge in [0.05, 0.1) is 23.2 Å². The van der Waals surface area contributed by atoms with E-state index in [4.69, 9.17) is 0 Å². The van der Waals surface area contributed by atoms with Gasteiger partial charge in [-0.15, -0.1) is 0 Å². The first-order valence-corrected chi connectivity index (χ1v) is 12.4. The van der Waals surface area contributed by atoms with Crippen LogP contribution in [0.4, 0.5) is 4.39 Å². The molecule has 0 radical (unpaired) electrons. The molecule has 1 aliphatic carbocycles. The van der Waals surface area contributed by atoms with E-state index in [-0.39, 0.29) is 24.3 Å². The molecule has 2 atom stereocenters. The van der Waals surface area contributed by atoms with Gasteiger partial charge in [0.15, 0.2) is 0 Å². The predicted molar refractivity (Wildman–Crippen MR) is 138 cm³/mol. The largest absolute Gasteiger partial charge is 0.388 e. The van der Waals surface area contributed by atoms with Gasteiger partial charge in [0.2, 0.25) is 0 Å². The van der Waals surface area contributed by atoms with Crippen molar-refractivity contribution in [1.82, 2.24) is 30.3 Å². The number of carbonyl (C=O) groups excluding carboxylic acids is 1. The molecular formula is C28H27FN6O2. The standard InChI is InChI=1S/C28H27FN6O2/c1-17-11-18(8-10-30-17)26-23-13-19(4-6-25(23)32-33-26)27(36)31-22-3-2-9-28(37,14-22)16-35-15-20-12-21(29)5-7-24(20)34-35/h4-8,10-13,15,22,37H,2-3,9,14,16H2,1H3,(H,31,36)(H,32,33). The van der Waals surface area contributed by atoms with Gasteiger partial charge in [0.25, 0.3) is 5.91 Å². The highest BCUT2D eigenvalue weighted by Gasteiger charge is 2.36. The van der Waals surface area contributed by atoms with Crippen LogP contribution in [0, 0.1) is 12.7 Å². The smallest absolute Gasteiger partial charge is 0.251 e. The maximum atomic E-state index is 13.6. The number of aliphatic hydroxyl groups is 1. The van der Waals surface area contributed by atoms with Gasteiger partial charge in [-0.2, -0.15) is 10.2 Å². The molecule has 2 unspecified atom stereocenters. The van der Waals surface area contributed by atoms with Gasteiger partial charge in [-0.1, -0.05) is 0 Å². The summed E-state index contributed by atoms with van der Waals surface area (Å²) in [6.07, 6.45) is 6.09. The molecule has 6 rings (SSSR count). The number of hydrogen-bond acceptors (Lipinski definition) is 5. The Bertz CT molecular complexity index is 1630. The van der Waals surface area contributed by atoms with E-state index < -0.39 is 5.60 Å². The molecule has 2 aromatic carbocycles. The predicted octanol–water partition coefficient (Wildman–Crippen LogP) is 4.53. The number of fused-ring (bicyclic) bond motifs is 2. The van der Waals surface area contributed by atoms with Crippen molar-refractivity contribution in [3.63, 3.8) is 0 Å². The molecule has 37 heavy (non-hydrogen) atoms. The fourth-order valence-electron chi connectivity index (χ4n) is 5.37. The van der Waals surface area contributed by atoms with Gasteiger partial charge in [0, 0.05) is 46.0 Å².